The van der Waals surface area contributed by atoms with Gasteiger partial charge < -0.3 is 5.11 Å². The van der Waals surface area contributed by atoms with Crippen molar-refractivity contribution < 1.29 is 5.11 Å². The quantitative estimate of drug-likeness (QED) is 0.703. The third-order valence-electron chi connectivity index (χ3n) is 5.04. The van der Waals surface area contributed by atoms with Crippen LogP contribution in [0.1, 0.15) is 71.1 Å². The van der Waals surface area contributed by atoms with Gasteiger partial charge in [0.25, 0.3) is 0 Å². The molecule has 17 heavy (non-hydrogen) atoms. The van der Waals surface area contributed by atoms with Gasteiger partial charge in [0.05, 0.1) is 17.1 Å². The number of nitriles is 1. The SMILES string of the molecule is CC1CCCC(O)(C2(C#N)CCCCCC2)C1. The molecule has 2 saturated carbocycles. The Morgan fingerprint density at radius 2 is 1.71 bits per heavy atom. The lowest BCUT2D eigenvalue weighted by molar-refractivity contribution is -0.100. The molecule has 2 unspecified atom stereocenters. The van der Waals surface area contributed by atoms with Crippen molar-refractivity contribution in [3.8, 4) is 6.07 Å². The molecule has 2 nitrogen and oxygen atoms in total. The maximum Gasteiger partial charge on any atom is 0.0860 e. The third kappa shape index (κ3) is 2.36. The molecule has 2 atom stereocenters. The molecule has 2 aliphatic rings. The minimum absolute atomic E-state index is 0.446. The van der Waals surface area contributed by atoms with Crippen molar-refractivity contribution in [1.29, 1.82) is 5.26 Å². The zero-order valence-electron chi connectivity index (χ0n) is 11.0. The van der Waals surface area contributed by atoms with E-state index in [0.717, 1.165) is 44.9 Å². The van der Waals surface area contributed by atoms with Gasteiger partial charge in [0, 0.05) is 0 Å². The molecule has 0 aromatic carbocycles. The van der Waals surface area contributed by atoms with Crippen molar-refractivity contribution in [2.75, 3.05) is 0 Å². The second kappa shape index (κ2) is 4.98. The van der Waals surface area contributed by atoms with Crippen molar-refractivity contribution in [2.24, 2.45) is 11.3 Å². The maximum atomic E-state index is 11.0. The normalized spacial score (nSPS) is 38.1. The zero-order valence-corrected chi connectivity index (χ0v) is 11.0. The smallest absolute Gasteiger partial charge is 0.0860 e. The van der Waals surface area contributed by atoms with Gasteiger partial charge in [0.2, 0.25) is 0 Å². The summed E-state index contributed by atoms with van der Waals surface area (Å²) in [5, 5.41) is 20.7. The zero-order chi connectivity index (χ0) is 12.4. The van der Waals surface area contributed by atoms with Crippen molar-refractivity contribution in [1.82, 2.24) is 0 Å². The summed E-state index contributed by atoms with van der Waals surface area (Å²) in [4.78, 5) is 0. The highest BCUT2D eigenvalue weighted by molar-refractivity contribution is 5.13. The summed E-state index contributed by atoms with van der Waals surface area (Å²) in [6, 6.07) is 2.54. The molecule has 0 saturated heterocycles. The second-order valence-electron chi connectivity index (χ2n) is 6.34. The van der Waals surface area contributed by atoms with E-state index >= 15 is 0 Å². The lowest BCUT2D eigenvalue weighted by Crippen LogP contribution is -2.50. The molecule has 0 bridgehead atoms. The predicted molar refractivity (Wildman–Crippen MR) is 68.3 cm³/mol. The summed E-state index contributed by atoms with van der Waals surface area (Å²) in [6.45, 7) is 2.21. The molecule has 2 aliphatic carbocycles. The molecule has 0 aliphatic heterocycles. The molecular weight excluding hydrogens is 210 g/mol. The number of nitrogens with zero attached hydrogens (tertiary/aromatic N) is 1. The third-order valence-corrected chi connectivity index (χ3v) is 5.04. The molecule has 0 amide bonds. The first-order chi connectivity index (χ1) is 8.12. The fourth-order valence-corrected chi connectivity index (χ4v) is 3.97. The van der Waals surface area contributed by atoms with E-state index in [4.69, 9.17) is 0 Å². The summed E-state index contributed by atoms with van der Waals surface area (Å²) >= 11 is 0. The van der Waals surface area contributed by atoms with E-state index in [2.05, 4.69) is 13.0 Å². The van der Waals surface area contributed by atoms with Crippen LogP contribution in [0.4, 0.5) is 0 Å². The number of hydrogen-bond donors (Lipinski definition) is 1. The Morgan fingerprint density at radius 3 is 2.24 bits per heavy atom. The Labute approximate surface area is 105 Å². The number of aliphatic hydroxyl groups is 1. The molecule has 2 heteroatoms. The monoisotopic (exact) mass is 235 g/mol. The van der Waals surface area contributed by atoms with Gasteiger partial charge in [0.1, 0.15) is 0 Å². The predicted octanol–water partition coefficient (Wildman–Crippen LogP) is 3.79. The molecule has 2 fully saturated rings. The lowest BCUT2D eigenvalue weighted by atomic mass is 9.60. The highest BCUT2D eigenvalue weighted by Gasteiger charge is 2.51. The van der Waals surface area contributed by atoms with Gasteiger partial charge in [-0.3, -0.25) is 0 Å². The molecule has 1 N–H and O–H groups in total. The summed E-state index contributed by atoms with van der Waals surface area (Å²) in [6.07, 6.45) is 10.5. The van der Waals surface area contributed by atoms with E-state index < -0.39 is 11.0 Å². The molecular formula is C15H25NO. The number of hydrogen-bond acceptors (Lipinski definition) is 2. The average Bonchev–Trinajstić information content (AvgIpc) is 2.55. The van der Waals surface area contributed by atoms with Gasteiger partial charge in [-0.15, -0.1) is 0 Å². The van der Waals surface area contributed by atoms with Crippen LogP contribution in [0.5, 0.6) is 0 Å². The van der Waals surface area contributed by atoms with Gasteiger partial charge in [-0.25, -0.2) is 0 Å². The van der Waals surface area contributed by atoms with Crippen molar-refractivity contribution in [3.63, 3.8) is 0 Å². The van der Waals surface area contributed by atoms with Crippen molar-refractivity contribution in [2.45, 2.75) is 76.7 Å². The minimum Gasteiger partial charge on any atom is -0.388 e. The Kier molecular flexibility index (Phi) is 3.78. The van der Waals surface area contributed by atoms with Crippen LogP contribution in [0.15, 0.2) is 0 Å². The molecule has 0 aromatic rings. The first kappa shape index (κ1) is 12.9. The lowest BCUT2D eigenvalue weighted by Gasteiger charge is -2.46. The Hall–Kier alpha value is -0.550. The van der Waals surface area contributed by atoms with Crippen LogP contribution < -0.4 is 0 Å². The van der Waals surface area contributed by atoms with Gasteiger partial charge in [-0.1, -0.05) is 45.4 Å². The Bertz CT molecular complexity index is 299. The van der Waals surface area contributed by atoms with E-state index in [0.29, 0.717) is 5.92 Å². The highest BCUT2D eigenvalue weighted by atomic mass is 16.3. The van der Waals surface area contributed by atoms with Crippen molar-refractivity contribution in [3.05, 3.63) is 0 Å². The Balaban J connectivity index is 2.23. The minimum atomic E-state index is -0.705. The summed E-state index contributed by atoms with van der Waals surface area (Å²) in [5.74, 6) is 0.572. The molecule has 0 radical (unpaired) electrons. The van der Waals surface area contributed by atoms with Gasteiger partial charge in [0.15, 0.2) is 0 Å². The van der Waals surface area contributed by atoms with E-state index in [1.807, 2.05) is 0 Å². The van der Waals surface area contributed by atoms with Crippen LogP contribution in [0.2, 0.25) is 0 Å². The standard InChI is InChI=1S/C15H25NO/c1-13-7-6-10-15(17,11-13)14(12-16)8-4-2-3-5-9-14/h13,17H,2-11H2,1H3. The fraction of sp³-hybridized carbons (Fsp3) is 0.933. The largest absolute Gasteiger partial charge is 0.388 e. The molecule has 0 spiro atoms. The van der Waals surface area contributed by atoms with E-state index in [1.165, 1.54) is 19.3 Å². The maximum absolute atomic E-state index is 11.0. The average molecular weight is 235 g/mol. The van der Waals surface area contributed by atoms with Crippen LogP contribution in [-0.2, 0) is 0 Å². The van der Waals surface area contributed by atoms with Gasteiger partial charge in [-0.2, -0.15) is 5.26 Å². The van der Waals surface area contributed by atoms with Crippen LogP contribution in [0.25, 0.3) is 0 Å². The van der Waals surface area contributed by atoms with E-state index in [1.54, 1.807) is 0 Å². The van der Waals surface area contributed by atoms with Crippen LogP contribution in [0.3, 0.4) is 0 Å². The van der Waals surface area contributed by atoms with Crippen LogP contribution >= 0.6 is 0 Å². The molecule has 96 valence electrons. The van der Waals surface area contributed by atoms with Crippen LogP contribution in [-0.4, -0.2) is 10.7 Å². The molecule has 0 heterocycles. The fourth-order valence-electron chi connectivity index (χ4n) is 3.97. The number of rotatable bonds is 1. The van der Waals surface area contributed by atoms with Crippen molar-refractivity contribution >= 4 is 0 Å². The van der Waals surface area contributed by atoms with Gasteiger partial charge in [-0.05, 0) is 31.6 Å². The summed E-state index contributed by atoms with van der Waals surface area (Å²) in [7, 11) is 0. The van der Waals surface area contributed by atoms with Crippen LogP contribution in [0, 0.1) is 22.7 Å². The topological polar surface area (TPSA) is 44.0 Å². The summed E-state index contributed by atoms with van der Waals surface area (Å²) in [5.41, 5.74) is -1.15. The first-order valence-electron chi connectivity index (χ1n) is 7.26. The highest BCUT2D eigenvalue weighted by Crippen LogP contribution is 2.50. The van der Waals surface area contributed by atoms with E-state index in [-0.39, 0.29) is 0 Å². The molecule has 2 rings (SSSR count). The van der Waals surface area contributed by atoms with Gasteiger partial charge >= 0.3 is 0 Å². The Morgan fingerprint density at radius 1 is 1.06 bits per heavy atom. The van der Waals surface area contributed by atoms with E-state index in [9.17, 15) is 10.4 Å². The molecule has 0 aromatic heterocycles. The summed E-state index contributed by atoms with van der Waals surface area (Å²) < 4.78 is 0. The first-order valence-corrected chi connectivity index (χ1v) is 7.26. The second-order valence-corrected chi connectivity index (χ2v) is 6.34.